The van der Waals surface area contributed by atoms with Crippen LogP contribution in [0.3, 0.4) is 0 Å². The van der Waals surface area contributed by atoms with Crippen molar-refractivity contribution in [3.8, 4) is 0 Å². The lowest BCUT2D eigenvalue weighted by Crippen LogP contribution is -2.49. The molecule has 28 heavy (non-hydrogen) atoms. The van der Waals surface area contributed by atoms with Gasteiger partial charge in [-0.05, 0) is 49.9 Å². The van der Waals surface area contributed by atoms with E-state index < -0.39 is 16.9 Å². The molecule has 0 unspecified atom stereocenters. The number of nitrogens with zero attached hydrogens (tertiary/aromatic N) is 3. The zero-order valence-corrected chi connectivity index (χ0v) is 17.4. The van der Waals surface area contributed by atoms with Crippen LogP contribution in [0.25, 0.3) is 0 Å². The molecule has 8 nitrogen and oxygen atoms in total. The number of thiocarbonyl (C=S) groups is 1. The third kappa shape index (κ3) is 4.66. The van der Waals surface area contributed by atoms with Crippen LogP contribution in [0.1, 0.15) is 32.4 Å². The van der Waals surface area contributed by atoms with E-state index in [1.165, 1.54) is 19.2 Å². The predicted molar refractivity (Wildman–Crippen MR) is 111 cm³/mol. The van der Waals surface area contributed by atoms with E-state index in [4.69, 9.17) is 17.0 Å². The van der Waals surface area contributed by atoms with Gasteiger partial charge in [0.15, 0.2) is 5.11 Å². The van der Waals surface area contributed by atoms with Gasteiger partial charge in [0.1, 0.15) is 0 Å². The lowest BCUT2D eigenvalue weighted by molar-refractivity contribution is -0.384. The van der Waals surface area contributed by atoms with E-state index in [0.717, 1.165) is 25.3 Å². The molecule has 1 aliphatic rings. The molecule has 0 aromatic heterocycles. The number of likely N-dealkylation sites (N-methyl/N-ethyl adjacent to an activating group) is 1. The number of benzene rings is 1. The number of methoxy groups -OCH3 is 1. The molecule has 0 bridgehead atoms. The second kappa shape index (κ2) is 9.61. The van der Waals surface area contributed by atoms with E-state index >= 15 is 0 Å². The molecule has 2 rings (SSSR count). The molecule has 1 aliphatic heterocycles. The molecule has 1 aromatic carbocycles. The summed E-state index contributed by atoms with van der Waals surface area (Å²) in [7, 11) is 1.34. The van der Waals surface area contributed by atoms with Crippen LogP contribution in [0.4, 0.5) is 5.69 Å². The highest BCUT2D eigenvalue weighted by atomic mass is 32.1. The van der Waals surface area contributed by atoms with Crippen molar-refractivity contribution in [1.29, 1.82) is 0 Å². The van der Waals surface area contributed by atoms with E-state index in [0.29, 0.717) is 22.8 Å². The maximum atomic E-state index is 12.5. The van der Waals surface area contributed by atoms with Gasteiger partial charge < -0.3 is 19.9 Å². The van der Waals surface area contributed by atoms with E-state index in [9.17, 15) is 14.9 Å². The second-order valence-corrected chi connectivity index (χ2v) is 6.79. The number of carbonyl (C=O) groups is 1. The van der Waals surface area contributed by atoms with Gasteiger partial charge in [-0.2, -0.15) is 0 Å². The van der Waals surface area contributed by atoms with Crippen LogP contribution in [0.15, 0.2) is 35.5 Å². The fraction of sp³-hybridized carbons (Fsp3) is 0.474. The van der Waals surface area contributed by atoms with Crippen LogP contribution >= 0.6 is 12.2 Å². The summed E-state index contributed by atoms with van der Waals surface area (Å²) in [5.41, 5.74) is 1.87. The van der Waals surface area contributed by atoms with Crippen molar-refractivity contribution in [1.82, 2.24) is 15.1 Å². The first-order valence-corrected chi connectivity index (χ1v) is 9.58. The summed E-state index contributed by atoms with van der Waals surface area (Å²) in [4.78, 5) is 27.2. The van der Waals surface area contributed by atoms with Crippen LogP contribution < -0.4 is 5.32 Å². The van der Waals surface area contributed by atoms with E-state index in [1.807, 2.05) is 11.8 Å². The van der Waals surface area contributed by atoms with Crippen LogP contribution in [0.2, 0.25) is 0 Å². The van der Waals surface area contributed by atoms with Crippen molar-refractivity contribution in [3.63, 3.8) is 0 Å². The highest BCUT2D eigenvalue weighted by molar-refractivity contribution is 7.80. The Morgan fingerprint density at radius 1 is 1.32 bits per heavy atom. The average Bonchev–Trinajstić information content (AvgIpc) is 2.69. The molecule has 0 saturated carbocycles. The Hall–Kier alpha value is -2.52. The molecular formula is C19H26N4O4S. The minimum absolute atomic E-state index is 0.0108. The summed E-state index contributed by atoms with van der Waals surface area (Å²) in [5.74, 6) is -0.455. The number of hydrogen-bond donors (Lipinski definition) is 1. The molecule has 1 aromatic rings. The van der Waals surface area contributed by atoms with Crippen molar-refractivity contribution in [2.45, 2.75) is 26.8 Å². The molecule has 1 N–H and O–H groups in total. The molecule has 0 fully saturated rings. The van der Waals surface area contributed by atoms with Gasteiger partial charge >= 0.3 is 5.97 Å². The topological polar surface area (TPSA) is 88.0 Å². The summed E-state index contributed by atoms with van der Waals surface area (Å²) in [6.07, 6.45) is 0. The molecule has 0 radical (unpaired) electrons. The standard InChI is InChI=1S/C19H26N4O4S/c1-5-21(6-2)11-12-22-13(3)16(18(24)27-4)17(20-19(22)28)14-7-9-15(10-8-14)23(25)26/h7-10,17H,5-6,11-12H2,1-4H3,(H,20,28)/t17-/m0/s1. The van der Waals surface area contributed by atoms with E-state index in [2.05, 4.69) is 24.1 Å². The maximum absolute atomic E-state index is 12.5. The van der Waals surface area contributed by atoms with Gasteiger partial charge in [0.25, 0.3) is 5.69 Å². The number of carbonyl (C=O) groups excluding carboxylic acids is 1. The van der Waals surface area contributed by atoms with Gasteiger partial charge in [-0.15, -0.1) is 0 Å². The van der Waals surface area contributed by atoms with Gasteiger partial charge in [0.05, 0.1) is 23.6 Å². The molecule has 0 amide bonds. The monoisotopic (exact) mass is 406 g/mol. The molecule has 1 atom stereocenters. The first-order chi connectivity index (χ1) is 13.3. The van der Waals surface area contributed by atoms with Crippen LogP contribution in [-0.4, -0.2) is 59.1 Å². The van der Waals surface area contributed by atoms with Crippen molar-refractivity contribution >= 4 is 29.0 Å². The lowest BCUT2D eigenvalue weighted by atomic mass is 9.95. The van der Waals surface area contributed by atoms with Crippen molar-refractivity contribution in [2.24, 2.45) is 0 Å². The molecule has 0 aliphatic carbocycles. The summed E-state index contributed by atoms with van der Waals surface area (Å²) >= 11 is 5.55. The fourth-order valence-electron chi connectivity index (χ4n) is 3.24. The first kappa shape index (κ1) is 21.8. The second-order valence-electron chi connectivity index (χ2n) is 6.40. The molecule has 1 heterocycles. The quantitative estimate of drug-likeness (QED) is 0.305. The number of ether oxygens (including phenoxy) is 1. The Kier molecular flexibility index (Phi) is 7.47. The molecule has 0 spiro atoms. The number of esters is 1. The van der Waals surface area contributed by atoms with Gasteiger partial charge in [-0.25, -0.2) is 4.79 Å². The Morgan fingerprint density at radius 3 is 2.43 bits per heavy atom. The number of allylic oxidation sites excluding steroid dienone is 1. The Bertz CT molecular complexity index is 775. The summed E-state index contributed by atoms with van der Waals surface area (Å²) in [5, 5.41) is 14.6. The number of non-ortho nitro benzene ring substituents is 1. The van der Waals surface area contributed by atoms with Crippen LogP contribution in [-0.2, 0) is 9.53 Å². The average molecular weight is 407 g/mol. The van der Waals surface area contributed by atoms with Crippen LogP contribution in [0.5, 0.6) is 0 Å². The maximum Gasteiger partial charge on any atom is 0.337 e. The predicted octanol–water partition coefficient (Wildman–Crippen LogP) is 2.61. The molecule has 0 saturated heterocycles. The molecule has 9 heteroatoms. The minimum Gasteiger partial charge on any atom is -0.466 e. The van der Waals surface area contributed by atoms with Gasteiger partial charge in [0.2, 0.25) is 0 Å². The zero-order valence-electron chi connectivity index (χ0n) is 16.6. The van der Waals surface area contributed by atoms with E-state index in [1.54, 1.807) is 12.1 Å². The lowest BCUT2D eigenvalue weighted by Gasteiger charge is -2.38. The van der Waals surface area contributed by atoms with Gasteiger partial charge in [-0.1, -0.05) is 13.8 Å². The highest BCUT2D eigenvalue weighted by Crippen LogP contribution is 2.32. The van der Waals surface area contributed by atoms with Gasteiger partial charge in [-0.3, -0.25) is 10.1 Å². The normalized spacial score (nSPS) is 17.0. The van der Waals surface area contributed by atoms with Crippen molar-refractivity contribution in [2.75, 3.05) is 33.3 Å². The van der Waals surface area contributed by atoms with Crippen molar-refractivity contribution in [3.05, 3.63) is 51.2 Å². The third-order valence-electron chi connectivity index (χ3n) is 4.97. The molecule has 152 valence electrons. The smallest absolute Gasteiger partial charge is 0.337 e. The summed E-state index contributed by atoms with van der Waals surface area (Å²) in [6.45, 7) is 9.37. The third-order valence-corrected chi connectivity index (χ3v) is 5.31. The van der Waals surface area contributed by atoms with Crippen LogP contribution in [0, 0.1) is 10.1 Å². The Morgan fingerprint density at radius 2 is 1.93 bits per heavy atom. The molecular weight excluding hydrogens is 380 g/mol. The zero-order chi connectivity index (χ0) is 20.8. The Balaban J connectivity index is 2.38. The summed E-state index contributed by atoms with van der Waals surface area (Å²) in [6, 6.07) is 5.56. The minimum atomic E-state index is -0.523. The first-order valence-electron chi connectivity index (χ1n) is 9.17. The number of hydrogen-bond acceptors (Lipinski definition) is 6. The number of nitrogens with one attached hydrogen (secondary N) is 1. The largest absolute Gasteiger partial charge is 0.466 e. The van der Waals surface area contributed by atoms with Crippen molar-refractivity contribution < 1.29 is 14.5 Å². The number of nitro groups is 1. The number of nitro benzene ring substituents is 1. The highest BCUT2D eigenvalue weighted by Gasteiger charge is 2.34. The van der Waals surface area contributed by atoms with E-state index in [-0.39, 0.29) is 5.69 Å². The fourth-order valence-corrected chi connectivity index (χ4v) is 3.59. The Labute approximate surface area is 170 Å². The summed E-state index contributed by atoms with van der Waals surface area (Å²) < 4.78 is 5.00. The SMILES string of the molecule is CCN(CC)CCN1C(=S)N[C@@H](c2ccc([N+](=O)[O-])cc2)C(C(=O)OC)=C1C. The van der Waals surface area contributed by atoms with Gasteiger partial charge in [0, 0.05) is 30.9 Å². The number of rotatable bonds is 8.